The number of amides is 1. The highest BCUT2D eigenvalue weighted by Crippen LogP contribution is 2.13. The van der Waals surface area contributed by atoms with Gasteiger partial charge in [0.15, 0.2) is 0 Å². The van der Waals surface area contributed by atoms with Gasteiger partial charge in [0.05, 0.1) is 12.4 Å². The minimum Gasteiger partial charge on any atom is -0.365 e. The van der Waals surface area contributed by atoms with Gasteiger partial charge in [-0.15, -0.1) is 0 Å². The average Bonchev–Trinajstić information content (AvgIpc) is 2.71. The standard InChI is InChI=1S/C23H26N4O/c1-17(2)27(16-19-9-5-4-6-10-19)23(28)21-14-26-22(15-24-21)25-13-20-11-7-8-18(3)12-20/h4-12,14-15,17H,13,16H2,1-3H3,(H,25,26). The van der Waals surface area contributed by atoms with Crippen molar-refractivity contribution in [1.29, 1.82) is 0 Å². The zero-order valence-electron chi connectivity index (χ0n) is 16.6. The number of benzene rings is 2. The fraction of sp³-hybridized carbons (Fsp3) is 0.261. The summed E-state index contributed by atoms with van der Waals surface area (Å²) in [4.78, 5) is 23.4. The van der Waals surface area contributed by atoms with Crippen LogP contribution in [0.15, 0.2) is 67.0 Å². The Kier molecular flexibility index (Phi) is 6.37. The van der Waals surface area contributed by atoms with Crippen LogP contribution in [-0.2, 0) is 13.1 Å². The van der Waals surface area contributed by atoms with Crippen molar-refractivity contribution in [1.82, 2.24) is 14.9 Å². The number of nitrogens with one attached hydrogen (secondary N) is 1. The van der Waals surface area contributed by atoms with E-state index in [9.17, 15) is 4.79 Å². The van der Waals surface area contributed by atoms with Gasteiger partial charge in [-0.3, -0.25) is 4.79 Å². The third-order valence-electron chi connectivity index (χ3n) is 4.51. The Bertz CT molecular complexity index is 907. The van der Waals surface area contributed by atoms with Crippen LogP contribution >= 0.6 is 0 Å². The van der Waals surface area contributed by atoms with Crippen LogP contribution in [-0.4, -0.2) is 26.8 Å². The number of aryl methyl sites for hydroxylation is 1. The van der Waals surface area contributed by atoms with Crippen LogP contribution in [0.2, 0.25) is 0 Å². The zero-order chi connectivity index (χ0) is 19.9. The van der Waals surface area contributed by atoms with Gasteiger partial charge in [-0.1, -0.05) is 60.2 Å². The summed E-state index contributed by atoms with van der Waals surface area (Å²) in [5, 5.41) is 3.25. The SMILES string of the molecule is Cc1cccc(CNc2cnc(C(=O)N(Cc3ccccc3)C(C)C)cn2)c1. The summed E-state index contributed by atoms with van der Waals surface area (Å²) < 4.78 is 0. The second kappa shape index (κ2) is 9.13. The summed E-state index contributed by atoms with van der Waals surface area (Å²) in [6.07, 6.45) is 3.16. The number of carbonyl (C=O) groups is 1. The first-order valence-electron chi connectivity index (χ1n) is 9.49. The van der Waals surface area contributed by atoms with Gasteiger partial charge >= 0.3 is 0 Å². The molecule has 0 fully saturated rings. The van der Waals surface area contributed by atoms with Gasteiger partial charge in [0.25, 0.3) is 5.91 Å². The van der Waals surface area contributed by atoms with Crippen molar-refractivity contribution in [3.05, 3.63) is 89.4 Å². The normalized spacial score (nSPS) is 10.7. The van der Waals surface area contributed by atoms with Crippen molar-refractivity contribution >= 4 is 11.7 Å². The number of carbonyl (C=O) groups excluding carboxylic acids is 1. The molecule has 0 radical (unpaired) electrons. The second-order valence-corrected chi connectivity index (χ2v) is 7.14. The molecule has 5 heteroatoms. The largest absolute Gasteiger partial charge is 0.365 e. The maximum atomic E-state index is 12.9. The molecule has 1 N–H and O–H groups in total. The second-order valence-electron chi connectivity index (χ2n) is 7.14. The van der Waals surface area contributed by atoms with Crippen LogP contribution in [0.25, 0.3) is 0 Å². The van der Waals surface area contributed by atoms with Crippen LogP contribution < -0.4 is 5.32 Å². The Morgan fingerprint density at radius 3 is 2.39 bits per heavy atom. The van der Waals surface area contributed by atoms with E-state index >= 15 is 0 Å². The van der Waals surface area contributed by atoms with Crippen molar-refractivity contribution in [3.63, 3.8) is 0 Å². The number of hydrogen-bond acceptors (Lipinski definition) is 4. The smallest absolute Gasteiger partial charge is 0.274 e. The van der Waals surface area contributed by atoms with Gasteiger partial charge in [0.2, 0.25) is 0 Å². The number of anilines is 1. The molecule has 0 unspecified atom stereocenters. The van der Waals surface area contributed by atoms with E-state index in [1.54, 1.807) is 17.3 Å². The van der Waals surface area contributed by atoms with Crippen molar-refractivity contribution in [2.24, 2.45) is 0 Å². The molecule has 1 amide bonds. The lowest BCUT2D eigenvalue weighted by molar-refractivity contribution is 0.0684. The minimum absolute atomic E-state index is 0.0635. The van der Waals surface area contributed by atoms with Crippen LogP contribution in [0.5, 0.6) is 0 Å². The quantitative estimate of drug-likeness (QED) is 0.664. The van der Waals surface area contributed by atoms with Crippen LogP contribution in [0, 0.1) is 6.92 Å². The maximum absolute atomic E-state index is 12.9. The third kappa shape index (κ3) is 5.16. The van der Waals surface area contributed by atoms with Gasteiger partial charge in [-0.05, 0) is 31.9 Å². The molecule has 0 saturated heterocycles. The highest BCUT2D eigenvalue weighted by atomic mass is 16.2. The van der Waals surface area contributed by atoms with Gasteiger partial charge in [0.1, 0.15) is 11.5 Å². The van der Waals surface area contributed by atoms with Crippen molar-refractivity contribution in [2.45, 2.75) is 39.9 Å². The number of aromatic nitrogens is 2. The lowest BCUT2D eigenvalue weighted by Gasteiger charge is -2.26. The minimum atomic E-state index is -0.114. The number of hydrogen-bond donors (Lipinski definition) is 1. The average molecular weight is 374 g/mol. The molecule has 144 valence electrons. The summed E-state index contributed by atoms with van der Waals surface area (Å²) in [5.41, 5.74) is 3.84. The molecule has 3 aromatic rings. The number of nitrogens with zero attached hydrogens (tertiary/aromatic N) is 3. The molecule has 0 aliphatic heterocycles. The highest BCUT2D eigenvalue weighted by Gasteiger charge is 2.20. The molecule has 0 atom stereocenters. The Morgan fingerprint density at radius 1 is 1.00 bits per heavy atom. The third-order valence-corrected chi connectivity index (χ3v) is 4.51. The summed E-state index contributed by atoms with van der Waals surface area (Å²) in [6, 6.07) is 18.3. The predicted octanol–water partition coefficient (Wildman–Crippen LogP) is 4.45. The van der Waals surface area contributed by atoms with Gasteiger partial charge in [-0.2, -0.15) is 0 Å². The van der Waals surface area contributed by atoms with E-state index in [1.807, 2.05) is 50.2 Å². The first-order valence-corrected chi connectivity index (χ1v) is 9.49. The Hall–Kier alpha value is -3.21. The Morgan fingerprint density at radius 2 is 1.75 bits per heavy atom. The first kappa shape index (κ1) is 19.5. The monoisotopic (exact) mass is 374 g/mol. The Labute approximate surface area is 166 Å². The highest BCUT2D eigenvalue weighted by molar-refractivity contribution is 5.92. The fourth-order valence-corrected chi connectivity index (χ4v) is 2.96. The molecule has 0 aliphatic carbocycles. The molecule has 1 heterocycles. The zero-order valence-corrected chi connectivity index (χ0v) is 16.6. The van der Waals surface area contributed by atoms with E-state index < -0.39 is 0 Å². The van der Waals surface area contributed by atoms with Crippen molar-refractivity contribution in [3.8, 4) is 0 Å². The van der Waals surface area contributed by atoms with Crippen LogP contribution in [0.3, 0.4) is 0 Å². The molecule has 2 aromatic carbocycles. The Balaban J connectivity index is 1.66. The van der Waals surface area contributed by atoms with Crippen molar-refractivity contribution < 1.29 is 4.79 Å². The van der Waals surface area contributed by atoms with E-state index in [0.29, 0.717) is 24.6 Å². The van der Waals surface area contributed by atoms with E-state index in [2.05, 4.69) is 40.4 Å². The van der Waals surface area contributed by atoms with Crippen molar-refractivity contribution in [2.75, 3.05) is 5.32 Å². The maximum Gasteiger partial charge on any atom is 0.274 e. The molecule has 1 aromatic heterocycles. The van der Waals surface area contributed by atoms with E-state index in [4.69, 9.17) is 0 Å². The van der Waals surface area contributed by atoms with Crippen LogP contribution in [0.4, 0.5) is 5.82 Å². The van der Waals surface area contributed by atoms with Crippen LogP contribution in [0.1, 0.15) is 41.0 Å². The molecule has 28 heavy (non-hydrogen) atoms. The molecule has 3 rings (SSSR count). The molecular weight excluding hydrogens is 348 g/mol. The summed E-state index contributed by atoms with van der Waals surface area (Å²) in [6.45, 7) is 7.29. The summed E-state index contributed by atoms with van der Waals surface area (Å²) >= 11 is 0. The summed E-state index contributed by atoms with van der Waals surface area (Å²) in [7, 11) is 0. The lowest BCUT2D eigenvalue weighted by atomic mass is 10.1. The molecule has 5 nitrogen and oxygen atoms in total. The van der Waals surface area contributed by atoms with Gasteiger partial charge < -0.3 is 10.2 Å². The molecule has 0 aliphatic rings. The summed E-state index contributed by atoms with van der Waals surface area (Å²) in [5.74, 6) is 0.536. The first-order chi connectivity index (χ1) is 13.5. The lowest BCUT2D eigenvalue weighted by Crippen LogP contribution is -2.36. The number of rotatable bonds is 7. The topological polar surface area (TPSA) is 58.1 Å². The predicted molar refractivity (Wildman–Crippen MR) is 112 cm³/mol. The van der Waals surface area contributed by atoms with E-state index in [-0.39, 0.29) is 11.9 Å². The van der Waals surface area contributed by atoms with E-state index in [1.165, 1.54) is 11.1 Å². The molecule has 0 bridgehead atoms. The molecule has 0 saturated carbocycles. The fourth-order valence-electron chi connectivity index (χ4n) is 2.96. The van der Waals surface area contributed by atoms with Gasteiger partial charge in [-0.25, -0.2) is 9.97 Å². The van der Waals surface area contributed by atoms with E-state index in [0.717, 1.165) is 5.56 Å². The molecule has 0 spiro atoms. The van der Waals surface area contributed by atoms with Gasteiger partial charge in [0, 0.05) is 19.1 Å². The molecular formula is C23H26N4O.